The number of hydrogen-bond donors (Lipinski definition) is 3. The smallest absolute Gasteiger partial charge is 0.303 e. The summed E-state index contributed by atoms with van der Waals surface area (Å²) in [6.07, 6.45) is -3.40. The molecule has 3 N–H and O–H groups in total. The van der Waals surface area contributed by atoms with E-state index in [-0.39, 0.29) is 19.3 Å². The molecule has 4 bridgehead atoms. The number of fused-ring (bicyclic) bond motifs is 4. The molecule has 0 radical (unpaired) electrons. The van der Waals surface area contributed by atoms with Crippen LogP contribution in [0.4, 0.5) is 0 Å². The van der Waals surface area contributed by atoms with Crippen LogP contribution in [0.15, 0.2) is 22.8 Å². The van der Waals surface area contributed by atoms with Crippen LogP contribution in [0.3, 0.4) is 0 Å². The van der Waals surface area contributed by atoms with Crippen LogP contribution in [0.2, 0.25) is 0 Å². The molecule has 33 heavy (non-hydrogen) atoms. The zero-order valence-corrected chi connectivity index (χ0v) is 20.5. The lowest BCUT2D eigenvalue weighted by atomic mass is 9.50. The van der Waals surface area contributed by atoms with Crippen molar-refractivity contribution in [1.29, 1.82) is 0 Å². The Labute approximate surface area is 194 Å². The maximum absolute atomic E-state index is 13.7. The van der Waals surface area contributed by atoms with Gasteiger partial charge >= 0.3 is 11.9 Å². The number of hydrogen-bond acceptors (Lipinski definition) is 8. The van der Waals surface area contributed by atoms with E-state index >= 15 is 0 Å². The minimum atomic E-state index is -1.56. The van der Waals surface area contributed by atoms with Gasteiger partial charge < -0.3 is 24.8 Å². The summed E-state index contributed by atoms with van der Waals surface area (Å²) in [4.78, 5) is 37.7. The summed E-state index contributed by atoms with van der Waals surface area (Å²) in [6.45, 7) is 11.5. The number of rotatable bonds is 2. The quantitative estimate of drug-likeness (QED) is 0.418. The molecule has 3 aliphatic carbocycles. The predicted molar refractivity (Wildman–Crippen MR) is 119 cm³/mol. The molecule has 8 nitrogen and oxygen atoms in total. The Balaban J connectivity index is 2.36. The van der Waals surface area contributed by atoms with Crippen molar-refractivity contribution in [3.8, 4) is 0 Å². The molecule has 0 heterocycles. The SMILES string of the molecule is CC(=O)O[C@H]1C[C@@]2(C)[C@H](OC(C)=O)/C=C3\C[C@](C)(C(=O)[C@H](O)C(=C1C)C2(C)C)[C@@H](O)C[C@H]3O. The molecule has 8 heteroatoms. The van der Waals surface area contributed by atoms with Crippen LogP contribution >= 0.6 is 0 Å². The molecule has 3 aliphatic rings. The van der Waals surface area contributed by atoms with Crippen molar-refractivity contribution in [2.75, 3.05) is 0 Å². The minimum absolute atomic E-state index is 0.0270. The van der Waals surface area contributed by atoms with Gasteiger partial charge in [-0.2, -0.15) is 0 Å². The molecule has 1 fully saturated rings. The topological polar surface area (TPSA) is 130 Å². The Kier molecular flexibility index (Phi) is 6.45. The van der Waals surface area contributed by atoms with E-state index in [0.717, 1.165) is 0 Å². The van der Waals surface area contributed by atoms with Gasteiger partial charge in [0, 0.05) is 25.7 Å². The van der Waals surface area contributed by atoms with Crippen LogP contribution < -0.4 is 0 Å². The molecule has 0 unspecified atom stereocenters. The first-order valence-corrected chi connectivity index (χ1v) is 11.4. The van der Waals surface area contributed by atoms with Crippen LogP contribution in [0.25, 0.3) is 0 Å². The van der Waals surface area contributed by atoms with E-state index < -0.39 is 64.5 Å². The van der Waals surface area contributed by atoms with E-state index in [2.05, 4.69) is 0 Å². The standard InChI is InChI=1S/C25H36O8/c1-12-17(32-13(2)26)11-25(7)19(33-14(3)27)8-15-10-24(6,18(29)9-16(15)28)22(31)21(30)20(12)23(25,4)5/h8,16-19,21,28-30H,9-11H2,1-7H3/b15-8+/t16-,17+,18+,19-,21-,24+,25+/m1/s1. The van der Waals surface area contributed by atoms with Crippen LogP contribution in [0.1, 0.15) is 67.7 Å². The van der Waals surface area contributed by atoms with Crippen molar-refractivity contribution < 1.29 is 39.2 Å². The predicted octanol–water partition coefficient (Wildman–Crippen LogP) is 1.99. The maximum Gasteiger partial charge on any atom is 0.303 e. The minimum Gasteiger partial charge on any atom is -0.458 e. The summed E-state index contributed by atoms with van der Waals surface area (Å²) < 4.78 is 11.4. The highest BCUT2D eigenvalue weighted by molar-refractivity contribution is 5.92. The first-order valence-electron chi connectivity index (χ1n) is 11.4. The molecule has 184 valence electrons. The molecule has 3 rings (SSSR count). The molecular formula is C25H36O8. The highest BCUT2D eigenvalue weighted by Gasteiger charge is 2.60. The average molecular weight is 465 g/mol. The fourth-order valence-electron chi connectivity index (χ4n) is 6.00. The normalized spacial score (nSPS) is 42.2. The van der Waals surface area contributed by atoms with Gasteiger partial charge in [0.15, 0.2) is 5.78 Å². The Morgan fingerprint density at radius 2 is 1.61 bits per heavy atom. The summed E-state index contributed by atoms with van der Waals surface area (Å²) in [5.74, 6) is -1.58. The molecule has 0 amide bonds. The molecule has 1 saturated carbocycles. The lowest BCUT2D eigenvalue weighted by Gasteiger charge is -2.56. The van der Waals surface area contributed by atoms with Crippen LogP contribution in [-0.4, -0.2) is 63.6 Å². The first-order chi connectivity index (χ1) is 15.1. The molecule has 0 aliphatic heterocycles. The van der Waals surface area contributed by atoms with Crippen molar-refractivity contribution in [2.24, 2.45) is 16.2 Å². The van der Waals surface area contributed by atoms with Crippen molar-refractivity contribution in [2.45, 2.75) is 98.2 Å². The van der Waals surface area contributed by atoms with Crippen LogP contribution in [0.5, 0.6) is 0 Å². The number of esters is 2. The van der Waals surface area contributed by atoms with E-state index in [9.17, 15) is 29.7 Å². The Bertz CT molecular complexity index is 931. The summed E-state index contributed by atoms with van der Waals surface area (Å²) in [6, 6.07) is 0. The molecule has 0 spiro atoms. The van der Waals surface area contributed by atoms with Gasteiger partial charge in [0.1, 0.15) is 18.3 Å². The number of carbonyl (C=O) groups is 3. The maximum atomic E-state index is 13.7. The molecule has 0 aromatic heterocycles. The second kappa shape index (κ2) is 8.32. The number of Topliss-reactive ketones (excluding diaryl/α,β-unsaturated/α-hetero) is 1. The van der Waals surface area contributed by atoms with Gasteiger partial charge in [0.2, 0.25) is 0 Å². The summed E-state index contributed by atoms with van der Waals surface area (Å²) in [5, 5.41) is 33.0. The van der Waals surface area contributed by atoms with Gasteiger partial charge in [0.05, 0.1) is 17.6 Å². The van der Waals surface area contributed by atoms with E-state index in [1.54, 1.807) is 19.9 Å². The second-order valence-corrected chi connectivity index (χ2v) is 10.8. The fourth-order valence-corrected chi connectivity index (χ4v) is 6.00. The summed E-state index contributed by atoms with van der Waals surface area (Å²) in [5.41, 5.74) is -1.67. The Morgan fingerprint density at radius 1 is 1.03 bits per heavy atom. The highest BCUT2D eigenvalue weighted by Crippen LogP contribution is 2.59. The number of aliphatic hydroxyl groups excluding tert-OH is 3. The number of ketones is 1. The van der Waals surface area contributed by atoms with Crippen LogP contribution in [0, 0.1) is 16.2 Å². The van der Waals surface area contributed by atoms with Gasteiger partial charge in [-0.05, 0) is 54.9 Å². The summed E-state index contributed by atoms with van der Waals surface area (Å²) >= 11 is 0. The number of aliphatic hydroxyl groups is 3. The third-order valence-electron chi connectivity index (χ3n) is 8.48. The molecular weight excluding hydrogens is 428 g/mol. The Morgan fingerprint density at radius 3 is 2.15 bits per heavy atom. The molecule has 0 aromatic carbocycles. The largest absolute Gasteiger partial charge is 0.458 e. The first kappa shape index (κ1) is 25.6. The highest BCUT2D eigenvalue weighted by atomic mass is 16.5. The lowest BCUT2D eigenvalue weighted by molar-refractivity contribution is -0.165. The molecule has 0 saturated heterocycles. The van der Waals surface area contributed by atoms with E-state index in [4.69, 9.17) is 9.47 Å². The second-order valence-electron chi connectivity index (χ2n) is 10.8. The van der Waals surface area contributed by atoms with Gasteiger partial charge in [-0.3, -0.25) is 14.4 Å². The zero-order valence-electron chi connectivity index (χ0n) is 20.5. The lowest BCUT2D eigenvalue weighted by Crippen LogP contribution is -2.59. The third-order valence-corrected chi connectivity index (χ3v) is 8.48. The van der Waals surface area contributed by atoms with Crippen molar-refractivity contribution in [1.82, 2.24) is 0 Å². The number of carbonyl (C=O) groups excluding carboxylic acids is 3. The fraction of sp³-hybridized carbons (Fsp3) is 0.720. The average Bonchev–Trinajstić information content (AvgIpc) is 2.67. The number of ether oxygens (including phenoxy) is 2. The van der Waals surface area contributed by atoms with Gasteiger partial charge in [0.25, 0.3) is 0 Å². The monoisotopic (exact) mass is 464 g/mol. The van der Waals surface area contributed by atoms with Crippen molar-refractivity contribution in [3.05, 3.63) is 22.8 Å². The van der Waals surface area contributed by atoms with Gasteiger partial charge in [-0.15, -0.1) is 0 Å². The van der Waals surface area contributed by atoms with Crippen molar-refractivity contribution in [3.63, 3.8) is 0 Å². The van der Waals surface area contributed by atoms with Gasteiger partial charge in [-0.25, -0.2) is 0 Å². The Hall–Kier alpha value is -2.03. The van der Waals surface area contributed by atoms with Crippen molar-refractivity contribution >= 4 is 17.7 Å². The van der Waals surface area contributed by atoms with E-state index in [1.807, 2.05) is 20.8 Å². The van der Waals surface area contributed by atoms with E-state index in [1.165, 1.54) is 13.8 Å². The van der Waals surface area contributed by atoms with E-state index in [0.29, 0.717) is 16.7 Å². The third kappa shape index (κ3) is 3.96. The van der Waals surface area contributed by atoms with Gasteiger partial charge in [-0.1, -0.05) is 20.8 Å². The molecule has 7 atom stereocenters. The zero-order chi connectivity index (χ0) is 25.1. The molecule has 0 aromatic rings. The summed E-state index contributed by atoms with van der Waals surface area (Å²) in [7, 11) is 0. The van der Waals surface area contributed by atoms with Crippen LogP contribution in [-0.2, 0) is 23.9 Å².